The molecule has 6 heteroatoms. The molecule has 17 heavy (non-hydrogen) atoms. The maximum Gasteiger partial charge on any atom is 0.203 e. The van der Waals surface area contributed by atoms with Gasteiger partial charge in [0.1, 0.15) is 0 Å². The summed E-state index contributed by atoms with van der Waals surface area (Å²) >= 11 is 1.42. The molecule has 0 aliphatic carbocycles. The predicted molar refractivity (Wildman–Crippen MR) is 66.1 cm³/mol. The number of thiazole rings is 1. The molecule has 2 aromatic rings. The quantitative estimate of drug-likeness (QED) is 0.651. The first kappa shape index (κ1) is 11.5. The molecule has 0 saturated carbocycles. The lowest BCUT2D eigenvalue weighted by Gasteiger charge is -1.99. The molecule has 0 spiro atoms. The predicted octanol–water partition coefficient (Wildman–Crippen LogP) is 2.74. The fourth-order valence-electron chi connectivity index (χ4n) is 1.20. The Labute approximate surface area is 101 Å². The van der Waals surface area contributed by atoms with Crippen LogP contribution in [0.2, 0.25) is 0 Å². The lowest BCUT2D eigenvalue weighted by atomic mass is 10.2. The Morgan fingerprint density at radius 1 is 1.53 bits per heavy atom. The van der Waals surface area contributed by atoms with E-state index in [0.717, 1.165) is 5.69 Å². The van der Waals surface area contributed by atoms with Crippen molar-refractivity contribution in [1.29, 1.82) is 0 Å². The molecule has 2 N–H and O–H groups in total. The normalized spacial score (nSPS) is 10.9. The summed E-state index contributed by atoms with van der Waals surface area (Å²) in [6.45, 7) is 1.88. The van der Waals surface area contributed by atoms with Crippen molar-refractivity contribution in [2.75, 3.05) is 5.43 Å². The second kappa shape index (κ2) is 4.92. The highest BCUT2D eigenvalue weighted by Crippen LogP contribution is 2.19. The largest absolute Gasteiger partial charge is 0.504 e. The third kappa shape index (κ3) is 2.79. The summed E-state index contributed by atoms with van der Waals surface area (Å²) in [7, 11) is 0. The Morgan fingerprint density at radius 3 is 3.06 bits per heavy atom. The Hall–Kier alpha value is -1.95. The van der Waals surface area contributed by atoms with Crippen LogP contribution in [0.15, 0.2) is 28.7 Å². The van der Waals surface area contributed by atoms with Gasteiger partial charge in [-0.1, -0.05) is 6.07 Å². The zero-order valence-electron chi connectivity index (χ0n) is 9.01. The lowest BCUT2D eigenvalue weighted by molar-refractivity contribution is 0.431. The molecule has 1 aromatic heterocycles. The molecular weight excluding hydrogens is 241 g/mol. The van der Waals surface area contributed by atoms with E-state index in [-0.39, 0.29) is 0 Å². The van der Waals surface area contributed by atoms with Gasteiger partial charge in [0.2, 0.25) is 5.13 Å². The topological polar surface area (TPSA) is 57.5 Å². The van der Waals surface area contributed by atoms with Crippen molar-refractivity contribution >= 4 is 22.7 Å². The molecule has 0 unspecified atom stereocenters. The number of hydrazone groups is 1. The first-order valence-corrected chi connectivity index (χ1v) is 5.73. The van der Waals surface area contributed by atoms with Gasteiger partial charge >= 0.3 is 0 Å². The van der Waals surface area contributed by atoms with Crippen molar-refractivity contribution in [2.24, 2.45) is 5.10 Å². The molecule has 2 rings (SSSR count). The fraction of sp³-hybridized carbons (Fsp3) is 0.0909. The van der Waals surface area contributed by atoms with Crippen LogP contribution in [0.5, 0.6) is 5.75 Å². The number of nitrogens with zero attached hydrogens (tertiary/aromatic N) is 2. The zero-order valence-corrected chi connectivity index (χ0v) is 9.83. The second-order valence-corrected chi connectivity index (χ2v) is 4.20. The smallest absolute Gasteiger partial charge is 0.203 e. The molecule has 88 valence electrons. The van der Waals surface area contributed by atoms with E-state index in [0.29, 0.717) is 10.7 Å². The molecule has 0 radical (unpaired) electrons. The number of hydrogen-bond acceptors (Lipinski definition) is 5. The number of rotatable bonds is 3. The van der Waals surface area contributed by atoms with Crippen molar-refractivity contribution < 1.29 is 9.50 Å². The maximum absolute atomic E-state index is 13.0. The molecule has 1 aromatic carbocycles. The van der Waals surface area contributed by atoms with Crippen molar-refractivity contribution in [3.05, 3.63) is 40.7 Å². The maximum atomic E-state index is 13.0. The number of benzene rings is 1. The number of phenolic OH excluding ortho intramolecular Hbond substituents is 1. The standard InChI is InChI=1S/C11H10FN3OS/c1-7-6-17-11(14-7)15-13-5-8-3-2-4-9(12)10(8)16/h2-6,16H,1H3,(H,14,15). The van der Waals surface area contributed by atoms with E-state index in [1.165, 1.54) is 29.7 Å². The van der Waals surface area contributed by atoms with E-state index in [4.69, 9.17) is 0 Å². The Kier molecular flexibility index (Phi) is 3.34. The van der Waals surface area contributed by atoms with Crippen molar-refractivity contribution in [1.82, 2.24) is 4.98 Å². The van der Waals surface area contributed by atoms with Gasteiger partial charge < -0.3 is 5.11 Å². The van der Waals surface area contributed by atoms with E-state index in [2.05, 4.69) is 15.5 Å². The first-order valence-electron chi connectivity index (χ1n) is 4.85. The summed E-state index contributed by atoms with van der Waals surface area (Å²) in [5, 5.41) is 15.8. The van der Waals surface area contributed by atoms with Gasteiger partial charge in [0.05, 0.1) is 11.9 Å². The molecule has 0 amide bonds. The van der Waals surface area contributed by atoms with Crippen LogP contribution >= 0.6 is 11.3 Å². The van der Waals surface area contributed by atoms with Crippen LogP contribution in [0.1, 0.15) is 11.3 Å². The van der Waals surface area contributed by atoms with Crippen LogP contribution in [0.4, 0.5) is 9.52 Å². The molecular formula is C11H10FN3OS. The third-order valence-electron chi connectivity index (χ3n) is 2.00. The number of anilines is 1. The number of aryl methyl sites for hydroxylation is 1. The summed E-state index contributed by atoms with van der Waals surface area (Å²) in [6.07, 6.45) is 1.34. The highest BCUT2D eigenvalue weighted by Gasteiger charge is 2.03. The summed E-state index contributed by atoms with van der Waals surface area (Å²) < 4.78 is 13.0. The first-order chi connectivity index (χ1) is 8.16. The van der Waals surface area contributed by atoms with Crippen molar-refractivity contribution in [2.45, 2.75) is 6.92 Å². The van der Waals surface area contributed by atoms with Gasteiger partial charge in [-0.15, -0.1) is 11.3 Å². The molecule has 0 aliphatic rings. The van der Waals surface area contributed by atoms with Gasteiger partial charge in [-0.05, 0) is 19.1 Å². The minimum Gasteiger partial charge on any atom is -0.504 e. The summed E-state index contributed by atoms with van der Waals surface area (Å²) in [5.74, 6) is -1.08. The van der Waals surface area contributed by atoms with E-state index < -0.39 is 11.6 Å². The number of nitrogens with one attached hydrogen (secondary N) is 1. The van der Waals surface area contributed by atoms with E-state index in [1.54, 1.807) is 6.07 Å². The second-order valence-electron chi connectivity index (χ2n) is 3.34. The minimum absolute atomic E-state index is 0.311. The van der Waals surface area contributed by atoms with Crippen molar-refractivity contribution in [3.63, 3.8) is 0 Å². The van der Waals surface area contributed by atoms with Crippen LogP contribution in [-0.4, -0.2) is 16.3 Å². The van der Waals surface area contributed by atoms with Crippen LogP contribution in [0.25, 0.3) is 0 Å². The molecule has 0 fully saturated rings. The number of para-hydroxylation sites is 1. The zero-order chi connectivity index (χ0) is 12.3. The summed E-state index contributed by atoms with van der Waals surface area (Å²) in [4.78, 5) is 4.14. The Bertz CT molecular complexity index is 553. The van der Waals surface area contributed by atoms with Gasteiger partial charge in [0.25, 0.3) is 0 Å². The van der Waals surface area contributed by atoms with Crippen LogP contribution in [-0.2, 0) is 0 Å². The van der Waals surface area contributed by atoms with Gasteiger partial charge in [0.15, 0.2) is 11.6 Å². The van der Waals surface area contributed by atoms with Crippen LogP contribution < -0.4 is 5.43 Å². The van der Waals surface area contributed by atoms with Crippen LogP contribution in [0.3, 0.4) is 0 Å². The Morgan fingerprint density at radius 2 is 2.35 bits per heavy atom. The lowest BCUT2D eigenvalue weighted by Crippen LogP contribution is -1.91. The molecule has 1 heterocycles. The van der Waals surface area contributed by atoms with Gasteiger partial charge in [-0.25, -0.2) is 9.37 Å². The van der Waals surface area contributed by atoms with E-state index >= 15 is 0 Å². The van der Waals surface area contributed by atoms with Crippen molar-refractivity contribution in [3.8, 4) is 5.75 Å². The number of hydrogen-bond donors (Lipinski definition) is 2. The third-order valence-corrected chi connectivity index (χ3v) is 2.87. The minimum atomic E-state index is -0.668. The fourth-order valence-corrected chi connectivity index (χ4v) is 1.84. The molecule has 0 bridgehead atoms. The number of phenols is 1. The van der Waals surface area contributed by atoms with E-state index in [1.807, 2.05) is 12.3 Å². The average molecular weight is 251 g/mol. The Balaban J connectivity index is 2.08. The van der Waals surface area contributed by atoms with Gasteiger partial charge in [-0.3, -0.25) is 5.43 Å². The van der Waals surface area contributed by atoms with Crippen LogP contribution in [0, 0.1) is 12.7 Å². The molecule has 0 saturated heterocycles. The highest BCUT2D eigenvalue weighted by molar-refractivity contribution is 7.13. The SMILES string of the molecule is Cc1csc(NN=Cc2cccc(F)c2O)n1. The molecule has 4 nitrogen and oxygen atoms in total. The summed E-state index contributed by atoms with van der Waals surface area (Å²) in [6, 6.07) is 4.25. The average Bonchev–Trinajstić information content (AvgIpc) is 2.70. The molecule has 0 aliphatic heterocycles. The number of aromatic nitrogens is 1. The van der Waals surface area contributed by atoms with E-state index in [9.17, 15) is 9.50 Å². The summed E-state index contributed by atoms with van der Waals surface area (Å²) in [5.41, 5.74) is 3.92. The number of halogens is 1. The molecule has 0 atom stereocenters. The monoisotopic (exact) mass is 251 g/mol. The number of aromatic hydroxyl groups is 1. The van der Waals surface area contributed by atoms with Gasteiger partial charge in [0, 0.05) is 10.9 Å². The van der Waals surface area contributed by atoms with Gasteiger partial charge in [-0.2, -0.15) is 5.10 Å². The highest BCUT2D eigenvalue weighted by atomic mass is 32.1.